The molecule has 0 radical (unpaired) electrons. The summed E-state index contributed by atoms with van der Waals surface area (Å²) in [4.78, 5) is 4.35. The smallest absolute Gasteiger partial charge is 0.130 e. The topological polar surface area (TPSA) is 29.3 Å². The van der Waals surface area contributed by atoms with Crippen molar-refractivity contribution in [2.24, 2.45) is 0 Å². The summed E-state index contributed by atoms with van der Waals surface area (Å²) in [6.07, 6.45) is 3.73. The Morgan fingerprint density at radius 2 is 2.29 bits per heavy atom. The summed E-state index contributed by atoms with van der Waals surface area (Å²) in [7, 11) is 1.91. The van der Waals surface area contributed by atoms with Crippen molar-refractivity contribution in [3.63, 3.8) is 0 Å². The molecule has 1 unspecified atom stereocenters. The van der Waals surface area contributed by atoms with E-state index in [1.165, 1.54) is 0 Å². The van der Waals surface area contributed by atoms with E-state index in [0.29, 0.717) is 0 Å². The molecule has 0 aliphatic heterocycles. The van der Waals surface area contributed by atoms with E-state index in [1.54, 1.807) is 0 Å². The second kappa shape index (κ2) is 3.59. The number of nitrogens with zero attached hydrogens (tertiary/aromatic N) is 2. The van der Waals surface area contributed by atoms with Gasteiger partial charge in [0.1, 0.15) is 5.82 Å². The van der Waals surface area contributed by atoms with E-state index in [4.69, 9.17) is 11.6 Å². The van der Waals surface area contributed by atoms with Crippen LogP contribution in [0.25, 0.3) is 5.52 Å². The Hall–Kier alpha value is -1.06. The number of hydrogen-bond donors (Lipinski definition) is 1. The van der Waals surface area contributed by atoms with E-state index in [2.05, 4.69) is 17.2 Å². The molecule has 74 valence electrons. The molecular formula is C10H12ClN3. The molecule has 0 aromatic carbocycles. The van der Waals surface area contributed by atoms with Crippen molar-refractivity contribution in [1.82, 2.24) is 14.7 Å². The number of nitrogens with one attached hydrogen (secondary N) is 1. The van der Waals surface area contributed by atoms with E-state index in [1.807, 2.05) is 36.0 Å². The number of aromatic nitrogens is 2. The van der Waals surface area contributed by atoms with Crippen molar-refractivity contribution < 1.29 is 0 Å². The highest BCUT2D eigenvalue weighted by atomic mass is 35.5. The minimum Gasteiger partial charge on any atom is -0.311 e. The zero-order valence-electron chi connectivity index (χ0n) is 8.16. The van der Waals surface area contributed by atoms with Crippen LogP contribution in [0, 0.1) is 0 Å². The summed E-state index contributed by atoms with van der Waals surface area (Å²) in [6.45, 7) is 2.07. The Labute approximate surface area is 87.7 Å². The molecule has 0 amide bonds. The van der Waals surface area contributed by atoms with Gasteiger partial charge in [-0.1, -0.05) is 11.6 Å². The second-order valence-electron chi connectivity index (χ2n) is 3.27. The Kier molecular flexibility index (Phi) is 2.44. The lowest BCUT2D eigenvalue weighted by molar-refractivity contribution is 0.608. The number of imidazole rings is 1. The summed E-state index contributed by atoms with van der Waals surface area (Å²) in [5.41, 5.74) is 1.06. The first-order valence-electron chi connectivity index (χ1n) is 4.52. The van der Waals surface area contributed by atoms with Gasteiger partial charge in [0.05, 0.1) is 22.8 Å². The van der Waals surface area contributed by atoms with Crippen molar-refractivity contribution in [3.8, 4) is 0 Å². The summed E-state index contributed by atoms with van der Waals surface area (Å²) in [6, 6.07) is 4.05. The third-order valence-corrected chi connectivity index (χ3v) is 2.56. The van der Waals surface area contributed by atoms with Crippen LogP contribution in [0.4, 0.5) is 0 Å². The molecule has 0 saturated heterocycles. The fourth-order valence-corrected chi connectivity index (χ4v) is 1.59. The second-order valence-corrected chi connectivity index (χ2v) is 3.71. The summed E-state index contributed by atoms with van der Waals surface area (Å²) in [5, 5.41) is 3.87. The van der Waals surface area contributed by atoms with Crippen LogP contribution in [-0.2, 0) is 0 Å². The van der Waals surface area contributed by atoms with Gasteiger partial charge in [-0.25, -0.2) is 4.98 Å². The van der Waals surface area contributed by atoms with Gasteiger partial charge < -0.3 is 9.72 Å². The van der Waals surface area contributed by atoms with E-state index in [0.717, 1.165) is 16.4 Å². The normalized spacial score (nSPS) is 13.4. The van der Waals surface area contributed by atoms with Crippen LogP contribution in [0.5, 0.6) is 0 Å². The van der Waals surface area contributed by atoms with Crippen LogP contribution < -0.4 is 5.32 Å². The summed E-state index contributed by atoms with van der Waals surface area (Å²) in [5.74, 6) is 0.977. The number of halogens is 1. The molecule has 0 spiro atoms. The monoisotopic (exact) mass is 209 g/mol. The predicted molar refractivity (Wildman–Crippen MR) is 57.7 cm³/mol. The lowest BCUT2D eigenvalue weighted by atomic mass is 10.3. The molecule has 0 aliphatic rings. The number of fused-ring (bicyclic) bond motifs is 1. The Morgan fingerprint density at radius 1 is 1.50 bits per heavy atom. The van der Waals surface area contributed by atoms with Gasteiger partial charge >= 0.3 is 0 Å². The van der Waals surface area contributed by atoms with Crippen molar-refractivity contribution in [3.05, 3.63) is 35.4 Å². The fraction of sp³-hybridized carbons (Fsp3) is 0.300. The average Bonchev–Trinajstić information content (AvgIpc) is 2.59. The van der Waals surface area contributed by atoms with Gasteiger partial charge in [0, 0.05) is 6.20 Å². The largest absolute Gasteiger partial charge is 0.311 e. The SMILES string of the molecule is CNC(C)c1ncc2ccc(Cl)cn12. The van der Waals surface area contributed by atoms with Crippen molar-refractivity contribution in [2.45, 2.75) is 13.0 Å². The third-order valence-electron chi connectivity index (χ3n) is 2.34. The predicted octanol–water partition coefficient (Wildman–Crippen LogP) is 2.27. The molecule has 4 heteroatoms. The molecule has 14 heavy (non-hydrogen) atoms. The molecule has 0 aliphatic carbocycles. The van der Waals surface area contributed by atoms with Crippen LogP contribution in [0.1, 0.15) is 18.8 Å². The first-order valence-corrected chi connectivity index (χ1v) is 4.90. The van der Waals surface area contributed by atoms with Crippen molar-refractivity contribution in [1.29, 1.82) is 0 Å². The molecule has 2 aromatic heterocycles. The van der Waals surface area contributed by atoms with Gasteiger partial charge in [0.15, 0.2) is 0 Å². The summed E-state index contributed by atoms with van der Waals surface area (Å²) < 4.78 is 2.00. The highest BCUT2D eigenvalue weighted by Crippen LogP contribution is 2.16. The number of rotatable bonds is 2. The van der Waals surface area contributed by atoms with Crippen LogP contribution in [0.3, 0.4) is 0 Å². The molecule has 0 bridgehead atoms. The van der Waals surface area contributed by atoms with Gasteiger partial charge in [-0.05, 0) is 26.1 Å². The lowest BCUT2D eigenvalue weighted by Crippen LogP contribution is -2.15. The number of pyridine rings is 1. The van der Waals surface area contributed by atoms with Crippen molar-refractivity contribution in [2.75, 3.05) is 7.05 Å². The van der Waals surface area contributed by atoms with Crippen LogP contribution in [0.15, 0.2) is 24.5 Å². The molecule has 0 fully saturated rings. The van der Waals surface area contributed by atoms with E-state index >= 15 is 0 Å². The lowest BCUT2D eigenvalue weighted by Gasteiger charge is -2.08. The van der Waals surface area contributed by atoms with Crippen LogP contribution in [-0.4, -0.2) is 16.4 Å². The molecule has 2 heterocycles. The van der Waals surface area contributed by atoms with Crippen LogP contribution >= 0.6 is 11.6 Å². The maximum atomic E-state index is 5.93. The standard InChI is InChI=1S/C10H12ClN3/c1-7(12-2)10-13-5-9-4-3-8(11)6-14(9)10/h3-7,12H,1-2H3. The highest BCUT2D eigenvalue weighted by Gasteiger charge is 2.09. The molecule has 1 atom stereocenters. The molecule has 2 aromatic rings. The van der Waals surface area contributed by atoms with Crippen molar-refractivity contribution >= 4 is 17.1 Å². The number of hydrogen-bond acceptors (Lipinski definition) is 2. The quantitative estimate of drug-likeness (QED) is 0.822. The first-order chi connectivity index (χ1) is 6.72. The summed E-state index contributed by atoms with van der Waals surface area (Å²) >= 11 is 5.93. The van der Waals surface area contributed by atoms with E-state index in [9.17, 15) is 0 Å². The van der Waals surface area contributed by atoms with Gasteiger partial charge in [-0.15, -0.1) is 0 Å². The zero-order valence-corrected chi connectivity index (χ0v) is 8.92. The molecule has 1 N–H and O–H groups in total. The Balaban J connectivity index is 2.61. The maximum absolute atomic E-state index is 5.93. The van der Waals surface area contributed by atoms with Gasteiger partial charge in [-0.2, -0.15) is 0 Å². The molecule has 3 nitrogen and oxygen atoms in total. The van der Waals surface area contributed by atoms with E-state index in [-0.39, 0.29) is 6.04 Å². The average molecular weight is 210 g/mol. The Morgan fingerprint density at radius 3 is 3.00 bits per heavy atom. The highest BCUT2D eigenvalue weighted by molar-refractivity contribution is 6.30. The fourth-order valence-electron chi connectivity index (χ4n) is 1.43. The minimum atomic E-state index is 0.218. The Bertz CT molecular complexity index is 450. The first kappa shape index (κ1) is 9.49. The molecule has 0 saturated carbocycles. The molecule has 2 rings (SSSR count). The minimum absolute atomic E-state index is 0.218. The molecular weight excluding hydrogens is 198 g/mol. The van der Waals surface area contributed by atoms with Gasteiger partial charge in [-0.3, -0.25) is 0 Å². The zero-order chi connectivity index (χ0) is 10.1. The van der Waals surface area contributed by atoms with E-state index < -0.39 is 0 Å². The van der Waals surface area contributed by atoms with Gasteiger partial charge in [0.2, 0.25) is 0 Å². The van der Waals surface area contributed by atoms with Gasteiger partial charge in [0.25, 0.3) is 0 Å². The maximum Gasteiger partial charge on any atom is 0.130 e. The third kappa shape index (κ3) is 1.49. The van der Waals surface area contributed by atoms with Crippen LogP contribution in [0.2, 0.25) is 5.02 Å².